The summed E-state index contributed by atoms with van der Waals surface area (Å²) in [6, 6.07) is 20.7. The largest absolute Gasteiger partial charge is 0.398 e. The Labute approximate surface area is 135 Å². The van der Waals surface area contributed by atoms with Crippen LogP contribution in [0.25, 0.3) is 21.7 Å². The maximum Gasteiger partial charge on any atom is 0.0456 e. The number of hydrogen-bond acceptors (Lipinski definition) is 2. The van der Waals surface area contributed by atoms with E-state index in [0.717, 1.165) is 29.7 Å². The smallest absolute Gasteiger partial charge is 0.0456 e. The van der Waals surface area contributed by atoms with Gasteiger partial charge in [0.2, 0.25) is 0 Å². The van der Waals surface area contributed by atoms with Crippen molar-refractivity contribution in [3.63, 3.8) is 0 Å². The van der Waals surface area contributed by atoms with E-state index in [4.69, 9.17) is 5.73 Å². The van der Waals surface area contributed by atoms with Crippen molar-refractivity contribution in [2.75, 3.05) is 17.6 Å². The first-order valence-corrected chi connectivity index (χ1v) is 7.89. The van der Waals surface area contributed by atoms with Crippen LogP contribution >= 0.6 is 0 Å². The minimum absolute atomic E-state index is 0.822. The first kappa shape index (κ1) is 13.7. The van der Waals surface area contributed by atoms with E-state index in [1.165, 1.54) is 21.9 Å². The van der Waals surface area contributed by atoms with E-state index >= 15 is 0 Å². The SMILES string of the molecule is Nc1ccc(NCCc2c[nH]c3ccccc23)c2ccccc12. The highest BCUT2D eigenvalue weighted by Gasteiger charge is 2.05. The van der Waals surface area contributed by atoms with Crippen LogP contribution in [-0.2, 0) is 6.42 Å². The van der Waals surface area contributed by atoms with Gasteiger partial charge in [-0.15, -0.1) is 0 Å². The lowest BCUT2D eigenvalue weighted by molar-refractivity contribution is 1.03. The third-order valence-corrected chi connectivity index (χ3v) is 4.34. The third kappa shape index (κ3) is 2.50. The Morgan fingerprint density at radius 1 is 0.826 bits per heavy atom. The molecule has 4 N–H and O–H groups in total. The molecule has 0 saturated carbocycles. The van der Waals surface area contributed by atoms with E-state index in [-0.39, 0.29) is 0 Å². The standard InChI is InChI=1S/C20H19N3/c21-18-9-10-20(17-7-2-1-6-16(17)18)22-12-11-14-13-23-19-8-4-3-5-15(14)19/h1-10,13,22-23H,11-12,21H2. The van der Waals surface area contributed by atoms with Crippen molar-refractivity contribution in [3.8, 4) is 0 Å². The van der Waals surface area contributed by atoms with Gasteiger partial charge in [-0.05, 0) is 30.2 Å². The Kier molecular flexibility index (Phi) is 3.39. The minimum Gasteiger partial charge on any atom is -0.398 e. The number of rotatable bonds is 4. The second-order valence-corrected chi connectivity index (χ2v) is 5.78. The van der Waals surface area contributed by atoms with Crippen molar-refractivity contribution < 1.29 is 0 Å². The van der Waals surface area contributed by atoms with Gasteiger partial charge in [0.1, 0.15) is 0 Å². The van der Waals surface area contributed by atoms with Gasteiger partial charge < -0.3 is 16.0 Å². The molecule has 0 saturated heterocycles. The third-order valence-electron chi connectivity index (χ3n) is 4.34. The zero-order valence-corrected chi connectivity index (χ0v) is 12.8. The molecule has 4 aromatic rings. The fraction of sp³-hybridized carbons (Fsp3) is 0.100. The van der Waals surface area contributed by atoms with Crippen molar-refractivity contribution in [2.45, 2.75) is 6.42 Å². The lowest BCUT2D eigenvalue weighted by Gasteiger charge is -2.11. The Balaban J connectivity index is 1.55. The summed E-state index contributed by atoms with van der Waals surface area (Å²) < 4.78 is 0. The summed E-state index contributed by atoms with van der Waals surface area (Å²) in [4.78, 5) is 3.33. The fourth-order valence-corrected chi connectivity index (χ4v) is 3.15. The molecule has 3 nitrogen and oxygen atoms in total. The predicted octanol–water partition coefficient (Wildman–Crippen LogP) is 4.56. The van der Waals surface area contributed by atoms with E-state index in [1.54, 1.807) is 0 Å². The number of aromatic amines is 1. The van der Waals surface area contributed by atoms with E-state index in [0.29, 0.717) is 0 Å². The van der Waals surface area contributed by atoms with Crippen molar-refractivity contribution in [1.82, 2.24) is 4.98 Å². The number of aromatic nitrogens is 1. The van der Waals surface area contributed by atoms with Crippen LogP contribution in [0.1, 0.15) is 5.56 Å². The number of fused-ring (bicyclic) bond motifs is 2. The second kappa shape index (κ2) is 5.69. The quantitative estimate of drug-likeness (QED) is 0.484. The molecule has 0 atom stereocenters. The maximum absolute atomic E-state index is 6.06. The average Bonchev–Trinajstić information content (AvgIpc) is 3.01. The molecule has 0 bridgehead atoms. The summed E-state index contributed by atoms with van der Waals surface area (Å²) >= 11 is 0. The van der Waals surface area contributed by atoms with Crippen LogP contribution in [0.4, 0.5) is 11.4 Å². The summed E-state index contributed by atoms with van der Waals surface area (Å²) in [7, 11) is 0. The summed E-state index contributed by atoms with van der Waals surface area (Å²) in [6.45, 7) is 0.885. The molecule has 0 radical (unpaired) electrons. The van der Waals surface area contributed by atoms with E-state index in [9.17, 15) is 0 Å². The molecule has 114 valence electrons. The highest BCUT2D eigenvalue weighted by molar-refractivity contribution is 6.01. The van der Waals surface area contributed by atoms with Gasteiger partial charge >= 0.3 is 0 Å². The Hall–Kier alpha value is -2.94. The molecule has 4 rings (SSSR count). The normalized spacial score (nSPS) is 11.1. The van der Waals surface area contributed by atoms with Gasteiger partial charge in [-0.3, -0.25) is 0 Å². The molecule has 0 aliphatic heterocycles. The second-order valence-electron chi connectivity index (χ2n) is 5.78. The minimum atomic E-state index is 0.822. The van der Waals surface area contributed by atoms with Gasteiger partial charge in [0.25, 0.3) is 0 Å². The fourth-order valence-electron chi connectivity index (χ4n) is 3.15. The number of anilines is 2. The lowest BCUT2D eigenvalue weighted by Crippen LogP contribution is -2.05. The topological polar surface area (TPSA) is 53.8 Å². The monoisotopic (exact) mass is 301 g/mol. The van der Waals surface area contributed by atoms with Crippen molar-refractivity contribution >= 4 is 33.1 Å². The van der Waals surface area contributed by atoms with Crippen molar-refractivity contribution in [1.29, 1.82) is 0 Å². The van der Waals surface area contributed by atoms with E-state index in [1.807, 2.05) is 18.2 Å². The molecule has 0 amide bonds. The van der Waals surface area contributed by atoms with Crippen LogP contribution < -0.4 is 11.1 Å². The summed E-state index contributed by atoms with van der Waals surface area (Å²) in [6.07, 6.45) is 3.08. The predicted molar refractivity (Wildman–Crippen MR) is 98.9 cm³/mol. The number of nitrogens with one attached hydrogen (secondary N) is 2. The zero-order chi connectivity index (χ0) is 15.6. The number of para-hydroxylation sites is 1. The first-order valence-electron chi connectivity index (χ1n) is 7.89. The highest BCUT2D eigenvalue weighted by atomic mass is 14.9. The molecule has 0 unspecified atom stereocenters. The summed E-state index contributed by atoms with van der Waals surface area (Å²) in [5.74, 6) is 0. The number of hydrogen-bond donors (Lipinski definition) is 3. The number of nitrogens with two attached hydrogens (primary N) is 1. The first-order chi connectivity index (χ1) is 11.3. The Morgan fingerprint density at radius 3 is 2.43 bits per heavy atom. The molecule has 3 heteroatoms. The maximum atomic E-state index is 6.06. The molecule has 1 aromatic heterocycles. The van der Waals surface area contributed by atoms with Crippen LogP contribution in [0.5, 0.6) is 0 Å². The van der Waals surface area contributed by atoms with E-state index < -0.39 is 0 Å². The van der Waals surface area contributed by atoms with Crippen LogP contribution in [0, 0.1) is 0 Å². The van der Waals surface area contributed by atoms with Gasteiger partial charge in [-0.2, -0.15) is 0 Å². The summed E-state index contributed by atoms with van der Waals surface area (Å²) in [5, 5.41) is 7.12. The highest BCUT2D eigenvalue weighted by Crippen LogP contribution is 2.28. The molecule has 0 fully saturated rings. The molecular formula is C20H19N3. The van der Waals surface area contributed by atoms with Crippen molar-refractivity contribution in [3.05, 3.63) is 72.4 Å². The molecule has 0 aliphatic rings. The zero-order valence-electron chi connectivity index (χ0n) is 12.8. The van der Waals surface area contributed by atoms with Gasteiger partial charge in [0, 0.05) is 45.8 Å². The number of nitrogen functional groups attached to an aromatic ring is 1. The van der Waals surface area contributed by atoms with E-state index in [2.05, 4.69) is 59.0 Å². The van der Waals surface area contributed by atoms with Crippen LogP contribution in [0.2, 0.25) is 0 Å². The van der Waals surface area contributed by atoms with Crippen LogP contribution in [0.15, 0.2) is 66.9 Å². The lowest BCUT2D eigenvalue weighted by atomic mass is 10.1. The Bertz CT molecular complexity index is 969. The van der Waals surface area contributed by atoms with Gasteiger partial charge in [0.15, 0.2) is 0 Å². The van der Waals surface area contributed by atoms with Crippen LogP contribution in [-0.4, -0.2) is 11.5 Å². The molecule has 0 spiro atoms. The van der Waals surface area contributed by atoms with Gasteiger partial charge in [-0.1, -0.05) is 42.5 Å². The van der Waals surface area contributed by atoms with Gasteiger partial charge in [0.05, 0.1) is 0 Å². The molecule has 3 aromatic carbocycles. The van der Waals surface area contributed by atoms with Crippen LogP contribution in [0.3, 0.4) is 0 Å². The number of H-pyrrole nitrogens is 1. The molecule has 0 aliphatic carbocycles. The Morgan fingerprint density at radius 2 is 1.57 bits per heavy atom. The molecule has 23 heavy (non-hydrogen) atoms. The van der Waals surface area contributed by atoms with Gasteiger partial charge in [-0.25, -0.2) is 0 Å². The molecule has 1 heterocycles. The number of benzene rings is 3. The van der Waals surface area contributed by atoms with Crippen molar-refractivity contribution in [2.24, 2.45) is 0 Å². The average molecular weight is 301 g/mol. The molecular weight excluding hydrogens is 282 g/mol. The summed E-state index contributed by atoms with van der Waals surface area (Å²) in [5.41, 5.74) is 10.6.